The van der Waals surface area contributed by atoms with Crippen molar-refractivity contribution in [3.05, 3.63) is 64.2 Å². The normalized spacial score (nSPS) is 21.5. The molecule has 2 fully saturated rings. The number of nitrogens with one attached hydrogen (secondary N) is 2. The highest BCUT2D eigenvalue weighted by Gasteiger charge is 2.34. The summed E-state index contributed by atoms with van der Waals surface area (Å²) in [6, 6.07) is 7.92. The lowest BCUT2D eigenvalue weighted by Gasteiger charge is -2.38. The molecular weight excluding hydrogens is 427 g/mol. The van der Waals surface area contributed by atoms with Gasteiger partial charge in [0.15, 0.2) is 0 Å². The van der Waals surface area contributed by atoms with Gasteiger partial charge in [-0.15, -0.1) is 0 Å². The Labute approximate surface area is 189 Å². The van der Waals surface area contributed by atoms with Crippen LogP contribution in [0.15, 0.2) is 41.3 Å². The van der Waals surface area contributed by atoms with Gasteiger partial charge in [0.25, 0.3) is 11.5 Å². The maximum Gasteiger partial charge on any atom is 0.269 e. The van der Waals surface area contributed by atoms with E-state index >= 15 is 0 Å². The van der Waals surface area contributed by atoms with Crippen molar-refractivity contribution in [2.45, 2.75) is 18.6 Å². The van der Waals surface area contributed by atoms with Crippen LogP contribution in [0.5, 0.6) is 0 Å². The summed E-state index contributed by atoms with van der Waals surface area (Å²) in [7, 11) is 1.59. The molecule has 172 valence electrons. The largest absolute Gasteiger partial charge is 0.369 e. The number of fused-ring (bicyclic) bond motifs is 1. The van der Waals surface area contributed by atoms with E-state index in [1.54, 1.807) is 19.3 Å². The Kier molecular flexibility index (Phi) is 5.77. The number of pyridine rings is 1. The molecule has 1 amide bonds. The first kappa shape index (κ1) is 21.5. The molecule has 3 aromatic rings. The van der Waals surface area contributed by atoms with Crippen molar-refractivity contribution in [2.24, 2.45) is 0 Å². The van der Waals surface area contributed by atoms with Gasteiger partial charge in [-0.2, -0.15) is 0 Å². The number of hydrogen-bond acceptors (Lipinski definition) is 7. The van der Waals surface area contributed by atoms with E-state index in [0.717, 1.165) is 38.3 Å². The van der Waals surface area contributed by atoms with Gasteiger partial charge in [-0.25, -0.2) is 14.4 Å². The molecule has 0 spiro atoms. The number of hydrogen-bond donors (Lipinski definition) is 2. The summed E-state index contributed by atoms with van der Waals surface area (Å²) in [6.07, 6.45) is 2.18. The highest BCUT2D eigenvalue weighted by molar-refractivity contribution is 5.92. The smallest absolute Gasteiger partial charge is 0.269 e. The summed E-state index contributed by atoms with van der Waals surface area (Å²) in [4.78, 5) is 40.2. The van der Waals surface area contributed by atoms with Crippen LogP contribution in [0.3, 0.4) is 0 Å². The van der Waals surface area contributed by atoms with Crippen LogP contribution < -0.4 is 15.8 Å². The van der Waals surface area contributed by atoms with Crippen LogP contribution in [0, 0.1) is 5.82 Å². The number of benzene rings is 1. The number of amides is 1. The van der Waals surface area contributed by atoms with Crippen LogP contribution in [0.25, 0.3) is 10.9 Å². The maximum absolute atomic E-state index is 13.4. The Hall–Kier alpha value is -3.37. The second-order valence-corrected chi connectivity index (χ2v) is 8.33. The lowest BCUT2D eigenvalue weighted by Crippen LogP contribution is -2.50. The number of carbonyl (C=O) groups is 1. The summed E-state index contributed by atoms with van der Waals surface area (Å²) in [5, 5.41) is 2.81. The van der Waals surface area contributed by atoms with Gasteiger partial charge in [0.2, 0.25) is 0 Å². The Balaban J connectivity index is 1.21. The van der Waals surface area contributed by atoms with E-state index in [1.165, 1.54) is 18.2 Å². The molecule has 0 aliphatic carbocycles. The van der Waals surface area contributed by atoms with Gasteiger partial charge >= 0.3 is 0 Å². The van der Waals surface area contributed by atoms with E-state index in [4.69, 9.17) is 4.74 Å². The van der Waals surface area contributed by atoms with Crippen LogP contribution in [-0.4, -0.2) is 71.6 Å². The fourth-order valence-corrected chi connectivity index (χ4v) is 4.52. The minimum absolute atomic E-state index is 0.198. The van der Waals surface area contributed by atoms with E-state index in [1.807, 2.05) is 6.07 Å². The first-order valence-corrected chi connectivity index (χ1v) is 11.0. The molecular formula is C23H25FN6O3. The third-order valence-corrected chi connectivity index (χ3v) is 6.37. The highest BCUT2D eigenvalue weighted by atomic mass is 19.1. The Bertz CT molecular complexity index is 1220. The summed E-state index contributed by atoms with van der Waals surface area (Å²) in [6.45, 7) is 4.01. The first-order chi connectivity index (χ1) is 16.0. The molecule has 0 radical (unpaired) electrons. The zero-order chi connectivity index (χ0) is 22.9. The molecule has 0 unspecified atom stereocenters. The van der Waals surface area contributed by atoms with E-state index < -0.39 is 5.82 Å². The minimum atomic E-state index is -0.461. The van der Waals surface area contributed by atoms with Crippen molar-refractivity contribution < 1.29 is 13.9 Å². The van der Waals surface area contributed by atoms with E-state index in [9.17, 15) is 14.0 Å². The number of halogens is 1. The molecule has 4 heterocycles. The average Bonchev–Trinajstić information content (AvgIpc) is 3.34. The molecule has 2 atom stereocenters. The zero-order valence-electron chi connectivity index (χ0n) is 18.3. The molecule has 2 aliphatic heterocycles. The maximum atomic E-state index is 13.4. The Morgan fingerprint density at radius 1 is 1.21 bits per heavy atom. The second-order valence-electron chi connectivity index (χ2n) is 8.33. The van der Waals surface area contributed by atoms with E-state index in [2.05, 4.69) is 30.1 Å². The number of aromatic amines is 1. The van der Waals surface area contributed by atoms with Crippen molar-refractivity contribution in [3.63, 3.8) is 0 Å². The fourth-order valence-electron chi connectivity index (χ4n) is 4.52. The monoisotopic (exact) mass is 452 g/mol. The zero-order valence-corrected chi connectivity index (χ0v) is 18.3. The molecule has 0 bridgehead atoms. The topological polar surface area (TPSA) is 103 Å². The summed E-state index contributed by atoms with van der Waals surface area (Å²) in [5.74, 6) is -0.170. The molecule has 33 heavy (non-hydrogen) atoms. The van der Waals surface area contributed by atoms with E-state index in [0.29, 0.717) is 23.6 Å². The van der Waals surface area contributed by atoms with Gasteiger partial charge in [0.1, 0.15) is 23.4 Å². The SMILES string of the molecule is CNC(=O)c1ccc(N2CCN([C@@H]3CO[C@@H](c4nc5ccc(F)cc5c(=O)[nH]4)C3)CC2)cn1. The molecule has 1 aromatic carbocycles. The Morgan fingerprint density at radius 2 is 2.03 bits per heavy atom. The first-order valence-electron chi connectivity index (χ1n) is 11.0. The minimum Gasteiger partial charge on any atom is -0.369 e. The number of aromatic nitrogens is 3. The molecule has 0 saturated carbocycles. The van der Waals surface area contributed by atoms with Crippen molar-refractivity contribution >= 4 is 22.5 Å². The number of carbonyl (C=O) groups excluding carboxylic acids is 1. The van der Waals surface area contributed by atoms with Gasteiger partial charge in [-0.3, -0.25) is 14.5 Å². The summed E-state index contributed by atoms with van der Waals surface area (Å²) < 4.78 is 19.4. The molecule has 2 N–H and O–H groups in total. The number of piperazine rings is 1. The molecule has 2 aromatic heterocycles. The van der Waals surface area contributed by atoms with Crippen LogP contribution >= 0.6 is 0 Å². The standard InChI is InChI=1S/C23H25FN6O3/c1-25-23(32)19-5-3-15(12-26-19)29-6-8-30(9-7-29)16-11-20(33-13-16)21-27-18-4-2-14(24)10-17(18)22(31)28-21/h2-5,10,12,16,20H,6-9,11,13H2,1H3,(H,25,32)(H,27,28,31)/t16-,20+/m0/s1. The number of H-pyrrole nitrogens is 1. The van der Waals surface area contributed by atoms with Gasteiger partial charge in [-0.1, -0.05) is 0 Å². The van der Waals surface area contributed by atoms with Crippen LogP contribution in [0.2, 0.25) is 0 Å². The van der Waals surface area contributed by atoms with Gasteiger partial charge in [0.05, 0.1) is 29.4 Å². The highest BCUT2D eigenvalue weighted by Crippen LogP contribution is 2.30. The van der Waals surface area contributed by atoms with Crippen LogP contribution in [-0.2, 0) is 4.74 Å². The third-order valence-electron chi connectivity index (χ3n) is 6.37. The molecule has 5 rings (SSSR count). The van der Waals surface area contributed by atoms with Crippen molar-refractivity contribution in [3.8, 4) is 0 Å². The van der Waals surface area contributed by atoms with Crippen LogP contribution in [0.4, 0.5) is 10.1 Å². The summed E-state index contributed by atoms with van der Waals surface area (Å²) in [5.41, 5.74) is 1.51. The number of rotatable bonds is 4. The summed E-state index contributed by atoms with van der Waals surface area (Å²) >= 11 is 0. The lowest BCUT2D eigenvalue weighted by molar-refractivity contribution is 0.0905. The second kappa shape index (κ2) is 8.87. The van der Waals surface area contributed by atoms with Gasteiger partial charge < -0.3 is 19.9 Å². The van der Waals surface area contributed by atoms with Crippen LogP contribution in [0.1, 0.15) is 28.8 Å². The number of anilines is 1. The Morgan fingerprint density at radius 3 is 2.76 bits per heavy atom. The fraction of sp³-hybridized carbons (Fsp3) is 0.391. The molecule has 2 aliphatic rings. The van der Waals surface area contributed by atoms with Crippen molar-refractivity contribution in [1.29, 1.82) is 0 Å². The van der Waals surface area contributed by atoms with Gasteiger partial charge in [-0.05, 0) is 36.8 Å². The molecule has 10 heteroatoms. The quantitative estimate of drug-likeness (QED) is 0.618. The van der Waals surface area contributed by atoms with Gasteiger partial charge in [0, 0.05) is 39.3 Å². The van der Waals surface area contributed by atoms with E-state index in [-0.39, 0.29) is 29.0 Å². The molecule has 2 saturated heterocycles. The predicted molar refractivity (Wildman–Crippen MR) is 121 cm³/mol. The lowest BCUT2D eigenvalue weighted by atomic mass is 10.1. The van der Waals surface area contributed by atoms with Crippen molar-refractivity contribution in [1.82, 2.24) is 25.2 Å². The predicted octanol–water partition coefficient (Wildman–Crippen LogP) is 1.47. The number of ether oxygens (including phenoxy) is 1. The average molecular weight is 452 g/mol. The van der Waals surface area contributed by atoms with Crippen molar-refractivity contribution in [2.75, 3.05) is 44.7 Å². The molecule has 9 nitrogen and oxygen atoms in total. The third kappa shape index (κ3) is 4.31. The number of nitrogens with zero attached hydrogens (tertiary/aromatic N) is 4.